The molecule has 1 atom stereocenters. The molecule has 0 aliphatic rings. The molecule has 0 fully saturated rings. The summed E-state index contributed by atoms with van der Waals surface area (Å²) in [6.07, 6.45) is 1.18. The van der Waals surface area contributed by atoms with E-state index < -0.39 is 23.6 Å². The SMILES string of the molecule is CS/C=N/C(=O)[C@H](C)NC(=O)OC(C)(C)C. The number of amides is 2. The Morgan fingerprint density at radius 2 is 2.00 bits per heavy atom. The lowest BCUT2D eigenvalue weighted by atomic mass is 10.2. The van der Waals surface area contributed by atoms with E-state index in [2.05, 4.69) is 10.3 Å². The van der Waals surface area contributed by atoms with Crippen molar-refractivity contribution in [2.45, 2.75) is 39.3 Å². The lowest BCUT2D eigenvalue weighted by Gasteiger charge is -2.20. The number of carbonyl (C=O) groups is 2. The second-order valence-electron chi connectivity index (χ2n) is 4.18. The van der Waals surface area contributed by atoms with Crippen molar-refractivity contribution in [2.75, 3.05) is 6.26 Å². The first-order valence-electron chi connectivity index (χ1n) is 4.85. The fourth-order valence-electron chi connectivity index (χ4n) is 0.763. The molecule has 0 spiro atoms. The quantitative estimate of drug-likeness (QED) is 0.609. The molecule has 16 heavy (non-hydrogen) atoms. The van der Waals surface area contributed by atoms with E-state index in [1.165, 1.54) is 17.3 Å². The Morgan fingerprint density at radius 3 is 2.44 bits per heavy atom. The maximum Gasteiger partial charge on any atom is 0.408 e. The Morgan fingerprint density at radius 1 is 1.44 bits per heavy atom. The van der Waals surface area contributed by atoms with E-state index in [-0.39, 0.29) is 0 Å². The van der Waals surface area contributed by atoms with Gasteiger partial charge in [0.15, 0.2) is 0 Å². The van der Waals surface area contributed by atoms with Gasteiger partial charge in [0, 0.05) is 0 Å². The predicted octanol–water partition coefficient (Wildman–Crippen LogP) is 1.82. The third-order valence-electron chi connectivity index (χ3n) is 1.39. The van der Waals surface area contributed by atoms with E-state index >= 15 is 0 Å². The molecule has 0 rings (SSSR count). The number of carbonyl (C=O) groups excluding carboxylic acids is 2. The Bertz CT molecular complexity index is 284. The summed E-state index contributed by atoms with van der Waals surface area (Å²) in [5.41, 5.74) is 0.852. The van der Waals surface area contributed by atoms with Gasteiger partial charge in [0.2, 0.25) is 0 Å². The Kier molecular flexibility index (Phi) is 6.10. The monoisotopic (exact) mass is 246 g/mol. The number of alkyl carbamates (subject to hydrolysis) is 1. The van der Waals surface area contributed by atoms with Crippen molar-refractivity contribution in [1.82, 2.24) is 5.32 Å². The van der Waals surface area contributed by atoms with Crippen LogP contribution in [0.25, 0.3) is 0 Å². The molecule has 0 saturated carbocycles. The van der Waals surface area contributed by atoms with E-state index in [4.69, 9.17) is 4.74 Å². The maximum atomic E-state index is 11.3. The van der Waals surface area contributed by atoms with Crippen LogP contribution in [0.3, 0.4) is 0 Å². The van der Waals surface area contributed by atoms with Crippen LogP contribution in [0.2, 0.25) is 0 Å². The molecule has 0 unspecified atom stereocenters. The number of thioether (sulfide) groups is 1. The average molecular weight is 246 g/mol. The van der Waals surface area contributed by atoms with Crippen molar-refractivity contribution >= 4 is 29.3 Å². The highest BCUT2D eigenvalue weighted by molar-refractivity contribution is 8.11. The molecular weight excluding hydrogens is 228 g/mol. The molecule has 6 heteroatoms. The van der Waals surface area contributed by atoms with E-state index in [9.17, 15) is 9.59 Å². The van der Waals surface area contributed by atoms with Crippen LogP contribution in [0.15, 0.2) is 4.99 Å². The summed E-state index contributed by atoms with van der Waals surface area (Å²) >= 11 is 1.32. The van der Waals surface area contributed by atoms with Crippen LogP contribution >= 0.6 is 11.8 Å². The molecule has 0 aliphatic carbocycles. The Labute approximate surface area is 100 Å². The van der Waals surface area contributed by atoms with E-state index in [0.29, 0.717) is 0 Å². The minimum absolute atomic E-state index is 0.403. The number of rotatable bonds is 3. The van der Waals surface area contributed by atoms with Gasteiger partial charge in [-0.1, -0.05) is 0 Å². The van der Waals surface area contributed by atoms with Crippen molar-refractivity contribution in [2.24, 2.45) is 4.99 Å². The van der Waals surface area contributed by atoms with Crippen molar-refractivity contribution in [1.29, 1.82) is 0 Å². The van der Waals surface area contributed by atoms with Gasteiger partial charge in [-0.15, -0.1) is 11.8 Å². The van der Waals surface area contributed by atoms with Gasteiger partial charge in [0.1, 0.15) is 11.6 Å². The molecule has 0 aromatic carbocycles. The number of hydrogen-bond acceptors (Lipinski definition) is 4. The zero-order valence-corrected chi connectivity index (χ0v) is 11.1. The van der Waals surface area contributed by atoms with E-state index in [0.717, 1.165) is 0 Å². The van der Waals surface area contributed by atoms with Crippen LogP contribution in [0.4, 0.5) is 4.79 Å². The fraction of sp³-hybridized carbons (Fsp3) is 0.700. The minimum Gasteiger partial charge on any atom is -0.444 e. The third-order valence-corrected chi connectivity index (χ3v) is 1.71. The van der Waals surface area contributed by atoms with Crippen LogP contribution in [0.1, 0.15) is 27.7 Å². The first kappa shape index (κ1) is 15.0. The van der Waals surface area contributed by atoms with Crippen molar-refractivity contribution in [3.05, 3.63) is 0 Å². The molecule has 0 aromatic heterocycles. The Balaban J connectivity index is 4.14. The molecule has 0 aliphatic heterocycles. The zero-order valence-electron chi connectivity index (χ0n) is 10.2. The van der Waals surface area contributed by atoms with Crippen LogP contribution in [0, 0.1) is 0 Å². The topological polar surface area (TPSA) is 67.8 Å². The maximum absolute atomic E-state index is 11.3. The van der Waals surface area contributed by atoms with E-state index in [1.54, 1.807) is 34.0 Å². The first-order chi connectivity index (χ1) is 7.26. The molecule has 0 heterocycles. The predicted molar refractivity (Wildman–Crippen MR) is 65.8 cm³/mol. The summed E-state index contributed by atoms with van der Waals surface area (Å²) in [6.45, 7) is 6.82. The number of ether oxygens (including phenoxy) is 1. The normalized spacial score (nSPS) is 13.6. The van der Waals surface area contributed by atoms with Gasteiger partial charge in [0.05, 0.1) is 5.55 Å². The van der Waals surface area contributed by atoms with Gasteiger partial charge in [-0.3, -0.25) is 4.79 Å². The van der Waals surface area contributed by atoms with Crippen molar-refractivity contribution in [3.63, 3.8) is 0 Å². The van der Waals surface area contributed by atoms with E-state index in [1.807, 2.05) is 0 Å². The van der Waals surface area contributed by atoms with Crippen LogP contribution in [0.5, 0.6) is 0 Å². The summed E-state index contributed by atoms with van der Waals surface area (Å²) in [6, 6.07) is -0.682. The molecule has 0 radical (unpaired) electrons. The zero-order chi connectivity index (χ0) is 12.8. The lowest BCUT2D eigenvalue weighted by molar-refractivity contribution is -0.119. The standard InChI is InChI=1S/C10H18N2O3S/c1-7(8(13)11-6-16-5)12-9(14)15-10(2,3)4/h6-7H,1-5H3,(H,12,14)/b11-6+/t7-/m0/s1. The molecule has 5 nitrogen and oxygen atoms in total. The Hall–Kier alpha value is -1.04. The summed E-state index contributed by atoms with van der Waals surface area (Å²) in [4.78, 5) is 26.2. The smallest absolute Gasteiger partial charge is 0.408 e. The third kappa shape index (κ3) is 7.28. The highest BCUT2D eigenvalue weighted by atomic mass is 32.2. The van der Waals surface area contributed by atoms with Gasteiger partial charge >= 0.3 is 6.09 Å². The first-order valence-corrected chi connectivity index (χ1v) is 6.13. The average Bonchev–Trinajstić information content (AvgIpc) is 2.10. The molecule has 2 amide bonds. The van der Waals surface area contributed by atoms with Crippen LogP contribution in [-0.2, 0) is 9.53 Å². The largest absolute Gasteiger partial charge is 0.444 e. The number of nitrogens with one attached hydrogen (secondary N) is 1. The molecule has 0 saturated heterocycles. The van der Waals surface area contributed by atoms with Gasteiger partial charge < -0.3 is 10.1 Å². The fourth-order valence-corrected chi connectivity index (χ4v) is 0.972. The molecule has 92 valence electrons. The molecule has 0 bridgehead atoms. The minimum atomic E-state index is -0.682. The van der Waals surface area contributed by atoms with Gasteiger partial charge in [-0.05, 0) is 34.0 Å². The van der Waals surface area contributed by atoms with Gasteiger partial charge in [-0.25, -0.2) is 9.79 Å². The van der Waals surface area contributed by atoms with Crippen LogP contribution in [-0.4, -0.2) is 35.4 Å². The van der Waals surface area contributed by atoms with Gasteiger partial charge in [-0.2, -0.15) is 0 Å². The lowest BCUT2D eigenvalue weighted by Crippen LogP contribution is -2.41. The number of hydrogen-bond donors (Lipinski definition) is 1. The van der Waals surface area contributed by atoms with Crippen molar-refractivity contribution < 1.29 is 14.3 Å². The summed E-state index contributed by atoms with van der Waals surface area (Å²) < 4.78 is 5.00. The summed E-state index contributed by atoms with van der Waals surface area (Å²) in [5.74, 6) is -0.403. The summed E-state index contributed by atoms with van der Waals surface area (Å²) in [7, 11) is 0. The van der Waals surface area contributed by atoms with Crippen molar-refractivity contribution in [3.8, 4) is 0 Å². The second-order valence-corrected chi connectivity index (χ2v) is 4.86. The second kappa shape index (κ2) is 6.52. The number of nitrogens with zero attached hydrogens (tertiary/aromatic N) is 1. The van der Waals surface area contributed by atoms with Crippen LogP contribution < -0.4 is 5.32 Å². The molecule has 0 aromatic rings. The summed E-state index contributed by atoms with van der Waals surface area (Å²) in [5, 5.41) is 2.41. The molecule has 1 N–H and O–H groups in total. The highest BCUT2D eigenvalue weighted by Crippen LogP contribution is 2.06. The van der Waals surface area contributed by atoms with Gasteiger partial charge in [0.25, 0.3) is 5.91 Å². The molecular formula is C10H18N2O3S. The highest BCUT2D eigenvalue weighted by Gasteiger charge is 2.20. The number of aliphatic imine (C=N–C) groups is 1.